The van der Waals surface area contributed by atoms with E-state index in [0.29, 0.717) is 16.4 Å². The molecule has 0 saturated carbocycles. The van der Waals surface area contributed by atoms with E-state index in [1.54, 1.807) is 13.8 Å². The predicted octanol–water partition coefficient (Wildman–Crippen LogP) is 3.00. The van der Waals surface area contributed by atoms with E-state index < -0.39 is 11.6 Å². The van der Waals surface area contributed by atoms with Crippen molar-refractivity contribution >= 4 is 17.3 Å². The molecule has 3 nitrogen and oxygen atoms in total. The Labute approximate surface area is 102 Å². The van der Waals surface area contributed by atoms with Gasteiger partial charge in [0.2, 0.25) is 0 Å². The summed E-state index contributed by atoms with van der Waals surface area (Å²) in [5, 5.41) is 4.45. The van der Waals surface area contributed by atoms with Gasteiger partial charge in [0.25, 0.3) is 0 Å². The number of rotatable bonds is 1. The lowest BCUT2D eigenvalue weighted by molar-refractivity contribution is 0.501. The minimum atomic E-state index is -1.03. The van der Waals surface area contributed by atoms with E-state index in [1.807, 2.05) is 0 Å². The van der Waals surface area contributed by atoms with Crippen molar-refractivity contribution in [2.75, 3.05) is 5.73 Å². The lowest BCUT2D eigenvalue weighted by atomic mass is 10.2. The second-order valence-electron chi connectivity index (χ2n) is 3.70. The van der Waals surface area contributed by atoms with Crippen LogP contribution in [0.4, 0.5) is 14.5 Å². The molecule has 0 saturated heterocycles. The van der Waals surface area contributed by atoms with Crippen molar-refractivity contribution in [1.29, 1.82) is 0 Å². The number of hydrogen-bond acceptors (Lipinski definition) is 2. The Kier molecular flexibility index (Phi) is 2.79. The van der Waals surface area contributed by atoms with Gasteiger partial charge in [-0.2, -0.15) is 5.10 Å². The quantitative estimate of drug-likeness (QED) is 0.798. The van der Waals surface area contributed by atoms with Crippen molar-refractivity contribution in [2.24, 2.45) is 0 Å². The van der Waals surface area contributed by atoms with Crippen molar-refractivity contribution in [2.45, 2.75) is 13.8 Å². The molecule has 6 heteroatoms. The number of benzene rings is 1. The normalized spacial score (nSPS) is 10.9. The van der Waals surface area contributed by atoms with E-state index in [-0.39, 0.29) is 11.4 Å². The van der Waals surface area contributed by atoms with E-state index >= 15 is 0 Å². The highest BCUT2D eigenvalue weighted by molar-refractivity contribution is 6.31. The van der Waals surface area contributed by atoms with E-state index in [0.717, 1.165) is 6.07 Å². The molecule has 2 N–H and O–H groups in total. The number of nitrogens with zero attached hydrogens (tertiary/aromatic N) is 2. The third-order valence-corrected chi connectivity index (χ3v) is 3.06. The Bertz CT molecular complexity index is 593. The molecule has 0 atom stereocenters. The third-order valence-electron chi connectivity index (χ3n) is 2.52. The molecule has 0 spiro atoms. The summed E-state index contributed by atoms with van der Waals surface area (Å²) in [7, 11) is 0. The first-order chi connectivity index (χ1) is 7.93. The molecule has 0 unspecified atom stereocenters. The van der Waals surface area contributed by atoms with Crippen LogP contribution in [0.15, 0.2) is 12.1 Å². The number of halogens is 3. The van der Waals surface area contributed by atoms with Crippen LogP contribution < -0.4 is 5.73 Å². The van der Waals surface area contributed by atoms with Gasteiger partial charge in [-0.05, 0) is 26.0 Å². The van der Waals surface area contributed by atoms with Crippen LogP contribution in [0.5, 0.6) is 0 Å². The molecule has 0 bridgehead atoms. The van der Waals surface area contributed by atoms with Crippen LogP contribution in [0.3, 0.4) is 0 Å². The number of hydrogen-bond donors (Lipinski definition) is 1. The average molecular weight is 258 g/mol. The summed E-state index contributed by atoms with van der Waals surface area (Å²) in [6, 6.07) is 2.26. The molecule has 1 heterocycles. The first-order valence-electron chi connectivity index (χ1n) is 4.89. The topological polar surface area (TPSA) is 43.8 Å². The summed E-state index contributed by atoms with van der Waals surface area (Å²) in [6.45, 7) is 3.34. The molecule has 2 aromatic rings. The first kappa shape index (κ1) is 11.9. The molecule has 90 valence electrons. The van der Waals surface area contributed by atoms with Crippen LogP contribution in [0, 0.1) is 25.5 Å². The van der Waals surface area contributed by atoms with Gasteiger partial charge in [0.05, 0.1) is 22.1 Å². The van der Waals surface area contributed by atoms with Crippen LogP contribution >= 0.6 is 11.6 Å². The molecular formula is C11H10ClF2N3. The van der Waals surface area contributed by atoms with Gasteiger partial charge in [-0.25, -0.2) is 13.5 Å². The molecule has 0 aliphatic rings. The van der Waals surface area contributed by atoms with Gasteiger partial charge in [0, 0.05) is 0 Å². The van der Waals surface area contributed by atoms with Crippen molar-refractivity contribution < 1.29 is 8.78 Å². The van der Waals surface area contributed by atoms with Crippen molar-refractivity contribution in [3.05, 3.63) is 40.2 Å². The van der Waals surface area contributed by atoms with Gasteiger partial charge in [0.15, 0.2) is 11.6 Å². The molecule has 1 aromatic carbocycles. The minimum Gasteiger partial charge on any atom is -0.397 e. The largest absolute Gasteiger partial charge is 0.397 e. The molecule has 0 radical (unpaired) electrons. The van der Waals surface area contributed by atoms with Crippen molar-refractivity contribution in [3.63, 3.8) is 0 Å². The molecule has 0 aliphatic heterocycles. The fourth-order valence-corrected chi connectivity index (χ4v) is 1.73. The first-order valence-corrected chi connectivity index (χ1v) is 5.27. The smallest absolute Gasteiger partial charge is 0.186 e. The molecular weight excluding hydrogens is 248 g/mol. The Morgan fingerprint density at radius 1 is 1.29 bits per heavy atom. The van der Waals surface area contributed by atoms with Gasteiger partial charge in [-0.15, -0.1) is 0 Å². The monoisotopic (exact) mass is 257 g/mol. The van der Waals surface area contributed by atoms with Crippen LogP contribution in [0.25, 0.3) is 5.69 Å². The van der Waals surface area contributed by atoms with Gasteiger partial charge < -0.3 is 5.73 Å². The Balaban J connectivity index is 2.77. The maximum absolute atomic E-state index is 13.7. The van der Waals surface area contributed by atoms with E-state index in [2.05, 4.69) is 5.10 Å². The second kappa shape index (κ2) is 4.00. The molecule has 2 rings (SSSR count). The third kappa shape index (κ3) is 1.76. The summed E-state index contributed by atoms with van der Waals surface area (Å²) in [6.07, 6.45) is 0. The number of nitrogen functional groups attached to an aromatic ring is 1. The number of nitrogens with two attached hydrogens (primary N) is 1. The molecule has 0 amide bonds. The fraction of sp³-hybridized carbons (Fsp3) is 0.182. The number of aromatic nitrogens is 2. The maximum atomic E-state index is 13.7. The zero-order chi connectivity index (χ0) is 12.7. The highest BCUT2D eigenvalue weighted by Gasteiger charge is 2.18. The lowest BCUT2D eigenvalue weighted by Crippen LogP contribution is -2.07. The van der Waals surface area contributed by atoms with Crippen molar-refractivity contribution in [3.8, 4) is 5.69 Å². The minimum absolute atomic E-state index is 0.103. The zero-order valence-corrected chi connectivity index (χ0v) is 10.0. The summed E-state index contributed by atoms with van der Waals surface area (Å²) >= 11 is 5.95. The predicted molar refractivity (Wildman–Crippen MR) is 62.4 cm³/mol. The maximum Gasteiger partial charge on any atom is 0.186 e. The van der Waals surface area contributed by atoms with Crippen LogP contribution in [-0.2, 0) is 0 Å². The summed E-state index contributed by atoms with van der Waals surface area (Å²) in [5.74, 6) is -2.01. The summed E-state index contributed by atoms with van der Waals surface area (Å²) in [4.78, 5) is 0. The molecule has 1 aromatic heterocycles. The molecule has 0 aliphatic carbocycles. The van der Waals surface area contributed by atoms with Crippen LogP contribution in [0.2, 0.25) is 5.02 Å². The highest BCUT2D eigenvalue weighted by atomic mass is 35.5. The van der Waals surface area contributed by atoms with Gasteiger partial charge in [0.1, 0.15) is 5.69 Å². The van der Waals surface area contributed by atoms with E-state index in [1.165, 1.54) is 10.7 Å². The zero-order valence-electron chi connectivity index (χ0n) is 9.26. The SMILES string of the molecule is Cc1nn(-c2c(N)ccc(F)c2F)c(C)c1Cl. The fourth-order valence-electron chi connectivity index (χ4n) is 1.61. The highest BCUT2D eigenvalue weighted by Crippen LogP contribution is 2.28. The summed E-state index contributed by atoms with van der Waals surface area (Å²) in [5.41, 5.74) is 6.68. The number of aryl methyl sites for hydroxylation is 1. The van der Waals surface area contributed by atoms with E-state index in [4.69, 9.17) is 17.3 Å². The van der Waals surface area contributed by atoms with Crippen LogP contribution in [0.1, 0.15) is 11.4 Å². The lowest BCUT2D eigenvalue weighted by Gasteiger charge is -2.09. The van der Waals surface area contributed by atoms with Crippen molar-refractivity contribution in [1.82, 2.24) is 9.78 Å². The standard InChI is InChI=1S/C11H10ClF2N3/c1-5-9(12)6(2)17(16-5)11-8(15)4-3-7(13)10(11)14/h3-4H,15H2,1-2H3. The Morgan fingerprint density at radius 2 is 1.94 bits per heavy atom. The second-order valence-corrected chi connectivity index (χ2v) is 4.07. The average Bonchev–Trinajstić information content (AvgIpc) is 2.53. The van der Waals surface area contributed by atoms with E-state index in [9.17, 15) is 8.78 Å². The van der Waals surface area contributed by atoms with Gasteiger partial charge in [-0.3, -0.25) is 0 Å². The number of anilines is 1. The van der Waals surface area contributed by atoms with Crippen LogP contribution in [-0.4, -0.2) is 9.78 Å². The molecule has 17 heavy (non-hydrogen) atoms. The Morgan fingerprint density at radius 3 is 2.47 bits per heavy atom. The Hall–Kier alpha value is -1.62. The van der Waals surface area contributed by atoms with Gasteiger partial charge in [-0.1, -0.05) is 11.6 Å². The summed E-state index contributed by atoms with van der Waals surface area (Å²) < 4.78 is 28.1. The van der Waals surface area contributed by atoms with Gasteiger partial charge >= 0.3 is 0 Å². The molecule has 0 fully saturated rings.